The van der Waals surface area contributed by atoms with Crippen LogP contribution in [0.2, 0.25) is 10.0 Å². The average Bonchev–Trinajstić information content (AvgIpc) is 2.92. The minimum Gasteiger partial charge on any atom is -0.489 e. The molecule has 1 aliphatic rings. The molecule has 1 heterocycles. The van der Waals surface area contributed by atoms with Gasteiger partial charge in [0.25, 0.3) is 0 Å². The smallest absolute Gasteiger partial charge is 0.346 e. The molecule has 0 spiro atoms. The monoisotopic (exact) mass is 560 g/mol. The Labute approximate surface area is 233 Å². The molecule has 0 saturated carbocycles. The van der Waals surface area contributed by atoms with Gasteiger partial charge in [0.15, 0.2) is 0 Å². The molecule has 6 nitrogen and oxygen atoms in total. The quantitative estimate of drug-likeness (QED) is 0.199. The van der Waals surface area contributed by atoms with E-state index in [-0.39, 0.29) is 29.4 Å². The number of esters is 1. The molecule has 0 amide bonds. The van der Waals surface area contributed by atoms with Crippen LogP contribution in [0, 0.1) is 17.1 Å². The fraction of sp³-hybridized carbons (Fsp3) is 0.0667. The van der Waals surface area contributed by atoms with E-state index in [2.05, 4.69) is 6.07 Å². The van der Waals surface area contributed by atoms with E-state index in [1.165, 1.54) is 30.3 Å². The number of nitrogens with two attached hydrogens (primary N) is 1. The van der Waals surface area contributed by atoms with Gasteiger partial charge in [-0.3, -0.25) is 0 Å². The van der Waals surface area contributed by atoms with Gasteiger partial charge in [0.1, 0.15) is 41.3 Å². The third-order valence-electron chi connectivity index (χ3n) is 6.12. The lowest BCUT2D eigenvalue weighted by atomic mass is 9.83. The summed E-state index contributed by atoms with van der Waals surface area (Å²) in [5, 5.41) is 10.9. The summed E-state index contributed by atoms with van der Waals surface area (Å²) < 4.78 is 30.9. The van der Waals surface area contributed by atoms with Crippen LogP contribution in [0.1, 0.15) is 33.0 Å². The van der Waals surface area contributed by atoms with Gasteiger partial charge in [-0.15, -0.1) is 0 Å². The Morgan fingerprint density at radius 2 is 1.74 bits per heavy atom. The van der Waals surface area contributed by atoms with Crippen LogP contribution in [-0.2, 0) is 6.61 Å². The maximum atomic E-state index is 14.0. The Hall–Kier alpha value is -4.51. The van der Waals surface area contributed by atoms with Gasteiger partial charge in [-0.05, 0) is 48.0 Å². The highest BCUT2D eigenvalue weighted by molar-refractivity contribution is 6.35. The van der Waals surface area contributed by atoms with Crippen LogP contribution in [0.25, 0.3) is 0 Å². The Kier molecular flexibility index (Phi) is 7.42. The molecule has 0 aliphatic carbocycles. The van der Waals surface area contributed by atoms with Crippen molar-refractivity contribution < 1.29 is 23.4 Å². The molecule has 2 N–H and O–H groups in total. The summed E-state index contributed by atoms with van der Waals surface area (Å²) >= 11 is 12.2. The molecule has 0 saturated heterocycles. The number of rotatable bonds is 6. The summed E-state index contributed by atoms with van der Waals surface area (Å²) in [4.78, 5) is 12.5. The van der Waals surface area contributed by atoms with Crippen LogP contribution >= 0.6 is 23.2 Å². The van der Waals surface area contributed by atoms with E-state index in [1.54, 1.807) is 42.5 Å². The lowest BCUT2D eigenvalue weighted by molar-refractivity contribution is 0.0729. The van der Waals surface area contributed by atoms with E-state index >= 15 is 0 Å². The van der Waals surface area contributed by atoms with E-state index in [1.807, 2.05) is 12.1 Å². The molecule has 0 bridgehead atoms. The van der Waals surface area contributed by atoms with E-state index < -0.39 is 17.7 Å². The van der Waals surface area contributed by atoms with Crippen LogP contribution in [0.5, 0.6) is 17.2 Å². The van der Waals surface area contributed by atoms with Gasteiger partial charge < -0.3 is 19.9 Å². The minimum atomic E-state index is -0.850. The molecule has 1 unspecified atom stereocenters. The highest BCUT2D eigenvalue weighted by atomic mass is 35.5. The standard InChI is InChI=1S/C30H19Cl2FN2O4/c31-19-8-5-18(25(32)13-19)16-37-20-9-6-17(7-10-20)28-23-12-11-21(14-27(23)39-29(35)24(28)15-34)38-30(36)22-3-1-2-4-26(22)33/h1-14,28H,16,35H2. The van der Waals surface area contributed by atoms with Crippen molar-refractivity contribution in [1.82, 2.24) is 0 Å². The fourth-order valence-corrected chi connectivity index (χ4v) is 4.65. The first-order valence-electron chi connectivity index (χ1n) is 11.7. The van der Waals surface area contributed by atoms with E-state index in [0.717, 1.165) is 11.1 Å². The van der Waals surface area contributed by atoms with Gasteiger partial charge in [0.05, 0.1) is 11.5 Å². The summed E-state index contributed by atoms with van der Waals surface area (Å²) in [7, 11) is 0. The largest absolute Gasteiger partial charge is 0.489 e. The molecule has 5 rings (SSSR count). The maximum Gasteiger partial charge on any atom is 0.346 e. The zero-order valence-electron chi connectivity index (χ0n) is 20.2. The number of nitriles is 1. The second-order valence-corrected chi connectivity index (χ2v) is 9.43. The van der Waals surface area contributed by atoms with Crippen LogP contribution in [0.15, 0.2) is 96.4 Å². The van der Waals surface area contributed by atoms with Crippen molar-refractivity contribution in [3.8, 4) is 23.3 Å². The fourth-order valence-electron chi connectivity index (χ4n) is 4.19. The third-order valence-corrected chi connectivity index (χ3v) is 6.70. The van der Waals surface area contributed by atoms with Crippen molar-refractivity contribution in [2.75, 3.05) is 0 Å². The van der Waals surface area contributed by atoms with Crippen LogP contribution < -0.4 is 19.9 Å². The molecule has 0 radical (unpaired) electrons. The second kappa shape index (κ2) is 11.1. The molecule has 1 aliphatic heterocycles. The lowest BCUT2D eigenvalue weighted by Crippen LogP contribution is -2.21. The third kappa shape index (κ3) is 5.53. The van der Waals surface area contributed by atoms with E-state index in [4.69, 9.17) is 43.1 Å². The van der Waals surface area contributed by atoms with Gasteiger partial charge in [0.2, 0.25) is 5.88 Å². The normalized spacial score (nSPS) is 14.2. The van der Waals surface area contributed by atoms with Crippen molar-refractivity contribution in [1.29, 1.82) is 5.26 Å². The topological polar surface area (TPSA) is 94.6 Å². The van der Waals surface area contributed by atoms with Crippen LogP contribution in [0.3, 0.4) is 0 Å². The molecule has 9 heteroatoms. The Morgan fingerprint density at radius 1 is 1.00 bits per heavy atom. The number of carbonyl (C=O) groups excluding carboxylic acids is 1. The number of halogens is 3. The molecular formula is C30H19Cl2FN2O4. The predicted molar refractivity (Wildman–Crippen MR) is 144 cm³/mol. The number of hydrogen-bond donors (Lipinski definition) is 1. The first-order chi connectivity index (χ1) is 18.8. The minimum absolute atomic E-state index is 0.0645. The molecule has 1 atom stereocenters. The first kappa shape index (κ1) is 26.1. The van der Waals surface area contributed by atoms with Crippen molar-refractivity contribution in [3.63, 3.8) is 0 Å². The van der Waals surface area contributed by atoms with Gasteiger partial charge in [-0.1, -0.05) is 59.6 Å². The average molecular weight is 561 g/mol. The lowest BCUT2D eigenvalue weighted by Gasteiger charge is -2.26. The van der Waals surface area contributed by atoms with Gasteiger partial charge >= 0.3 is 5.97 Å². The Bertz CT molecular complexity index is 1650. The summed E-state index contributed by atoms with van der Waals surface area (Å²) in [6, 6.07) is 24.8. The summed E-state index contributed by atoms with van der Waals surface area (Å²) in [6.45, 7) is 0.250. The molecular weight excluding hydrogens is 542 g/mol. The summed E-state index contributed by atoms with van der Waals surface area (Å²) in [6.07, 6.45) is 0. The van der Waals surface area contributed by atoms with Gasteiger partial charge in [-0.2, -0.15) is 5.26 Å². The first-order valence-corrected chi connectivity index (χ1v) is 12.4. The van der Waals surface area contributed by atoms with Crippen LogP contribution in [0.4, 0.5) is 4.39 Å². The zero-order valence-corrected chi connectivity index (χ0v) is 21.7. The number of allylic oxidation sites excluding steroid dienone is 1. The SMILES string of the molecule is N#CC1=C(N)Oc2cc(OC(=O)c3ccccc3F)ccc2C1c1ccc(OCc2ccc(Cl)cc2Cl)cc1. The predicted octanol–water partition coefficient (Wildman–Crippen LogP) is 7.15. The van der Waals surface area contributed by atoms with Gasteiger partial charge in [-0.25, -0.2) is 9.18 Å². The van der Waals surface area contributed by atoms with Crippen molar-refractivity contribution in [3.05, 3.63) is 135 Å². The molecule has 0 aromatic heterocycles. The van der Waals surface area contributed by atoms with E-state index in [0.29, 0.717) is 27.1 Å². The zero-order chi connectivity index (χ0) is 27.5. The summed E-state index contributed by atoms with van der Waals surface area (Å²) in [5.74, 6) is -1.09. The Morgan fingerprint density at radius 3 is 2.46 bits per heavy atom. The molecule has 0 fully saturated rings. The van der Waals surface area contributed by atoms with Crippen molar-refractivity contribution in [2.24, 2.45) is 5.73 Å². The molecule has 194 valence electrons. The van der Waals surface area contributed by atoms with E-state index in [9.17, 15) is 14.4 Å². The van der Waals surface area contributed by atoms with Gasteiger partial charge in [0, 0.05) is 27.2 Å². The van der Waals surface area contributed by atoms with Crippen molar-refractivity contribution in [2.45, 2.75) is 12.5 Å². The molecule has 4 aromatic rings. The highest BCUT2D eigenvalue weighted by Gasteiger charge is 2.31. The highest BCUT2D eigenvalue weighted by Crippen LogP contribution is 2.43. The number of fused-ring (bicyclic) bond motifs is 1. The number of ether oxygens (including phenoxy) is 3. The Balaban J connectivity index is 1.38. The number of carbonyl (C=O) groups is 1. The number of nitrogens with zero attached hydrogens (tertiary/aromatic N) is 1. The summed E-state index contributed by atoms with van der Waals surface area (Å²) in [5.41, 5.74) is 8.34. The molecule has 39 heavy (non-hydrogen) atoms. The number of benzene rings is 4. The van der Waals surface area contributed by atoms with Crippen LogP contribution in [-0.4, -0.2) is 5.97 Å². The molecule has 4 aromatic carbocycles. The maximum absolute atomic E-state index is 14.0. The van der Waals surface area contributed by atoms with Crippen molar-refractivity contribution >= 4 is 29.2 Å². The number of hydrogen-bond acceptors (Lipinski definition) is 6. The second-order valence-electron chi connectivity index (χ2n) is 8.59.